The highest BCUT2D eigenvalue weighted by molar-refractivity contribution is 6.01. The van der Waals surface area contributed by atoms with Gasteiger partial charge in [-0.25, -0.2) is 4.79 Å². The summed E-state index contributed by atoms with van der Waals surface area (Å²) in [5.74, 6) is -1.65. The van der Waals surface area contributed by atoms with Gasteiger partial charge in [0, 0.05) is 31.7 Å². The molecule has 0 unspecified atom stereocenters. The van der Waals surface area contributed by atoms with E-state index in [0.717, 1.165) is 22.6 Å². The van der Waals surface area contributed by atoms with Crippen LogP contribution < -0.4 is 10.2 Å². The Kier molecular flexibility index (Phi) is 6.20. The molecule has 0 spiro atoms. The number of hydrogen-bond acceptors (Lipinski definition) is 5. The first-order valence-corrected chi connectivity index (χ1v) is 10.0. The van der Waals surface area contributed by atoms with Crippen LogP contribution in [-0.4, -0.2) is 54.5 Å². The van der Waals surface area contributed by atoms with Crippen LogP contribution >= 0.6 is 0 Å². The minimum Gasteiger partial charge on any atom is -0.452 e. The van der Waals surface area contributed by atoms with E-state index in [9.17, 15) is 19.2 Å². The molecular formula is C21H27N3O5. The Morgan fingerprint density at radius 2 is 1.97 bits per heavy atom. The number of esters is 1. The number of nitrogens with one attached hydrogen (secondary N) is 1. The maximum absolute atomic E-state index is 12.6. The number of carbonyl (C=O) groups is 4. The predicted octanol–water partition coefficient (Wildman–Crippen LogP) is 2.04. The van der Waals surface area contributed by atoms with Gasteiger partial charge in [0.15, 0.2) is 6.10 Å². The molecule has 0 radical (unpaired) electrons. The largest absolute Gasteiger partial charge is 0.452 e. The van der Waals surface area contributed by atoms with Gasteiger partial charge in [-0.15, -0.1) is 0 Å². The highest BCUT2D eigenvalue weighted by Crippen LogP contribution is 2.33. The normalized spacial score (nSPS) is 21.1. The zero-order chi connectivity index (χ0) is 21.1. The molecule has 2 saturated heterocycles. The van der Waals surface area contributed by atoms with Crippen molar-refractivity contribution in [3.63, 3.8) is 0 Å². The first-order valence-electron chi connectivity index (χ1n) is 10.0. The van der Waals surface area contributed by atoms with E-state index in [-0.39, 0.29) is 31.3 Å². The number of carbonyl (C=O) groups excluding carboxylic acids is 4. The fourth-order valence-corrected chi connectivity index (χ4v) is 3.69. The van der Waals surface area contributed by atoms with Crippen molar-refractivity contribution >= 4 is 29.5 Å². The number of anilines is 1. The molecule has 2 heterocycles. The Morgan fingerprint density at radius 3 is 2.62 bits per heavy atom. The van der Waals surface area contributed by atoms with Gasteiger partial charge in [0.25, 0.3) is 5.91 Å². The molecule has 2 aliphatic heterocycles. The summed E-state index contributed by atoms with van der Waals surface area (Å²) in [6.07, 6.45) is -0.101. The Balaban J connectivity index is 1.66. The summed E-state index contributed by atoms with van der Waals surface area (Å²) in [5, 5.41) is 2.54. The molecule has 0 aliphatic carbocycles. The van der Waals surface area contributed by atoms with Crippen molar-refractivity contribution in [1.82, 2.24) is 10.2 Å². The van der Waals surface area contributed by atoms with Crippen LogP contribution in [0.4, 0.5) is 10.5 Å². The number of ether oxygens (including phenoxy) is 1. The molecule has 4 amide bonds. The lowest BCUT2D eigenvalue weighted by atomic mass is 9.96. The number of benzene rings is 1. The maximum Gasteiger partial charge on any atom is 0.324 e. The molecular weight excluding hydrogens is 374 g/mol. The molecule has 1 aromatic carbocycles. The van der Waals surface area contributed by atoms with E-state index in [0.29, 0.717) is 6.54 Å². The smallest absolute Gasteiger partial charge is 0.324 e. The summed E-state index contributed by atoms with van der Waals surface area (Å²) in [7, 11) is 0. The standard InChI is InChI=1S/C21H27N3O5/c1-4-13(2)16-7-5-6-8-17(16)24-12-15(11-18(24)25)20(27)29-14(3)19(26)23-10-9-22-21(23)28/h5-8,13-15H,4,9-12H2,1-3H3,(H,22,28)/t13-,14+,15-/m1/s1. The van der Waals surface area contributed by atoms with Gasteiger partial charge in [0.2, 0.25) is 5.91 Å². The number of imide groups is 1. The van der Waals surface area contributed by atoms with Gasteiger partial charge in [0.05, 0.1) is 5.92 Å². The molecule has 3 rings (SSSR count). The van der Waals surface area contributed by atoms with Crippen LogP contribution in [0.25, 0.3) is 0 Å². The molecule has 8 nitrogen and oxygen atoms in total. The third-order valence-corrected chi connectivity index (χ3v) is 5.59. The van der Waals surface area contributed by atoms with E-state index < -0.39 is 29.9 Å². The first-order chi connectivity index (χ1) is 13.8. The maximum atomic E-state index is 12.6. The van der Waals surface area contributed by atoms with Crippen molar-refractivity contribution in [1.29, 1.82) is 0 Å². The van der Waals surface area contributed by atoms with Crippen LogP contribution in [-0.2, 0) is 19.1 Å². The second kappa shape index (κ2) is 8.63. The number of amides is 4. The van der Waals surface area contributed by atoms with Gasteiger partial charge >= 0.3 is 12.0 Å². The second-order valence-electron chi connectivity index (χ2n) is 7.57. The lowest BCUT2D eigenvalue weighted by molar-refractivity contribution is -0.160. The average Bonchev–Trinajstić information content (AvgIpc) is 3.32. The van der Waals surface area contributed by atoms with Crippen molar-refractivity contribution in [2.45, 2.75) is 45.6 Å². The van der Waals surface area contributed by atoms with Crippen LogP contribution in [0.5, 0.6) is 0 Å². The predicted molar refractivity (Wildman–Crippen MR) is 106 cm³/mol. The summed E-state index contributed by atoms with van der Waals surface area (Å²) < 4.78 is 5.30. The molecule has 2 aliphatic rings. The van der Waals surface area contributed by atoms with Gasteiger partial charge in [-0.1, -0.05) is 32.0 Å². The molecule has 0 saturated carbocycles. The van der Waals surface area contributed by atoms with Crippen LogP contribution in [0, 0.1) is 5.92 Å². The molecule has 29 heavy (non-hydrogen) atoms. The zero-order valence-electron chi connectivity index (χ0n) is 17.0. The summed E-state index contributed by atoms with van der Waals surface area (Å²) in [6.45, 7) is 6.49. The monoisotopic (exact) mass is 401 g/mol. The Bertz CT molecular complexity index is 824. The van der Waals surface area contributed by atoms with Crippen molar-refractivity contribution in [2.75, 3.05) is 24.5 Å². The average molecular weight is 401 g/mol. The van der Waals surface area contributed by atoms with Crippen LogP contribution in [0.3, 0.4) is 0 Å². The molecule has 2 fully saturated rings. The van der Waals surface area contributed by atoms with Gasteiger partial charge in [-0.05, 0) is 30.9 Å². The highest BCUT2D eigenvalue weighted by Gasteiger charge is 2.39. The highest BCUT2D eigenvalue weighted by atomic mass is 16.5. The van der Waals surface area contributed by atoms with E-state index in [4.69, 9.17) is 4.74 Å². The van der Waals surface area contributed by atoms with Gasteiger partial charge in [-0.3, -0.25) is 19.3 Å². The number of nitrogens with zero attached hydrogens (tertiary/aromatic N) is 2. The summed E-state index contributed by atoms with van der Waals surface area (Å²) >= 11 is 0. The number of rotatable bonds is 6. The van der Waals surface area contributed by atoms with E-state index in [1.54, 1.807) is 4.90 Å². The first kappa shape index (κ1) is 20.8. The third kappa shape index (κ3) is 4.26. The Hall–Kier alpha value is -2.90. The van der Waals surface area contributed by atoms with Gasteiger partial charge in [0.1, 0.15) is 0 Å². The molecule has 0 bridgehead atoms. The minimum absolute atomic E-state index is 0.0405. The summed E-state index contributed by atoms with van der Waals surface area (Å²) in [5.41, 5.74) is 1.89. The number of para-hydroxylation sites is 1. The molecule has 156 valence electrons. The topological polar surface area (TPSA) is 96.0 Å². The van der Waals surface area contributed by atoms with Crippen molar-refractivity contribution < 1.29 is 23.9 Å². The van der Waals surface area contributed by atoms with Crippen LogP contribution in [0.1, 0.15) is 45.1 Å². The van der Waals surface area contributed by atoms with Crippen molar-refractivity contribution in [3.8, 4) is 0 Å². The fourth-order valence-electron chi connectivity index (χ4n) is 3.69. The molecule has 8 heteroatoms. The van der Waals surface area contributed by atoms with Crippen LogP contribution in [0.2, 0.25) is 0 Å². The van der Waals surface area contributed by atoms with Crippen molar-refractivity contribution in [3.05, 3.63) is 29.8 Å². The van der Waals surface area contributed by atoms with Gasteiger partial charge in [-0.2, -0.15) is 0 Å². The molecule has 1 N–H and O–H groups in total. The molecule has 0 aromatic heterocycles. The second-order valence-corrected chi connectivity index (χ2v) is 7.57. The fraction of sp³-hybridized carbons (Fsp3) is 0.524. The lowest BCUT2D eigenvalue weighted by Crippen LogP contribution is -2.42. The number of hydrogen-bond donors (Lipinski definition) is 1. The Labute approximate surface area is 170 Å². The summed E-state index contributed by atoms with van der Waals surface area (Å²) in [6, 6.07) is 7.23. The van der Waals surface area contributed by atoms with E-state index >= 15 is 0 Å². The summed E-state index contributed by atoms with van der Waals surface area (Å²) in [4.78, 5) is 51.8. The van der Waals surface area contributed by atoms with Crippen molar-refractivity contribution in [2.24, 2.45) is 5.92 Å². The SMILES string of the molecule is CC[C@@H](C)c1ccccc1N1C[C@H](C(=O)O[C@@H](C)C(=O)N2CCNC2=O)CC1=O. The molecule has 1 aromatic rings. The van der Waals surface area contributed by atoms with E-state index in [2.05, 4.69) is 19.2 Å². The lowest BCUT2D eigenvalue weighted by Gasteiger charge is -2.23. The zero-order valence-corrected chi connectivity index (χ0v) is 17.0. The van der Waals surface area contributed by atoms with E-state index in [1.807, 2.05) is 24.3 Å². The van der Waals surface area contributed by atoms with Gasteiger partial charge < -0.3 is 15.0 Å². The Morgan fingerprint density at radius 1 is 1.24 bits per heavy atom. The quantitative estimate of drug-likeness (QED) is 0.736. The van der Waals surface area contributed by atoms with E-state index in [1.165, 1.54) is 6.92 Å². The molecule has 3 atom stereocenters. The van der Waals surface area contributed by atoms with Crippen LogP contribution in [0.15, 0.2) is 24.3 Å². The number of urea groups is 1. The third-order valence-electron chi connectivity index (χ3n) is 5.59. The minimum atomic E-state index is -1.08.